The number of ketones is 2. The van der Waals surface area contributed by atoms with Gasteiger partial charge in [0.25, 0.3) is 0 Å². The van der Waals surface area contributed by atoms with Gasteiger partial charge in [0, 0.05) is 18.0 Å². The number of carboxylic acids is 1. The first-order valence-corrected chi connectivity index (χ1v) is 3.53. The minimum absolute atomic E-state index is 0.314. The molecule has 1 rings (SSSR count). The van der Waals surface area contributed by atoms with Gasteiger partial charge in [-0.05, 0) is 6.07 Å². The van der Waals surface area contributed by atoms with Crippen LogP contribution in [0, 0.1) is 0 Å². The van der Waals surface area contributed by atoms with Crippen LogP contribution in [0.3, 0.4) is 0 Å². The largest absolute Gasteiger partial charge is 0.475 e. The number of hydrogen-bond acceptors (Lipinski definition) is 3. The van der Waals surface area contributed by atoms with Gasteiger partial charge in [-0.1, -0.05) is 0 Å². The molecule has 0 saturated heterocycles. The number of aliphatic carboxylic acids is 1. The second-order valence-corrected chi connectivity index (χ2v) is 2.43. The Morgan fingerprint density at radius 3 is 2.54 bits per heavy atom. The standard InChI is InChI=1S/C8H7NO4/c10-6(3-7(11)8(12)13)5-1-2-9-4-5/h1-2,4,9H,3H2,(H,12,13). The molecule has 5 heteroatoms. The molecule has 0 aromatic carbocycles. The first kappa shape index (κ1) is 9.18. The topological polar surface area (TPSA) is 87.2 Å². The van der Waals surface area contributed by atoms with E-state index in [2.05, 4.69) is 4.98 Å². The molecule has 68 valence electrons. The number of aromatic amines is 1. The number of nitrogens with one attached hydrogen (secondary N) is 1. The van der Waals surface area contributed by atoms with E-state index in [1.807, 2.05) is 0 Å². The molecule has 5 nitrogen and oxygen atoms in total. The normalized spacial score (nSPS) is 9.54. The van der Waals surface area contributed by atoms with E-state index >= 15 is 0 Å². The minimum atomic E-state index is -1.58. The fourth-order valence-corrected chi connectivity index (χ4v) is 0.821. The molecule has 1 aromatic heterocycles. The zero-order valence-electron chi connectivity index (χ0n) is 6.61. The van der Waals surface area contributed by atoms with E-state index in [9.17, 15) is 14.4 Å². The molecule has 0 aliphatic heterocycles. The maximum Gasteiger partial charge on any atom is 0.372 e. The predicted octanol–water partition coefficient (Wildman–Crippen LogP) is 0.241. The third kappa shape index (κ3) is 2.26. The highest BCUT2D eigenvalue weighted by molar-refractivity contribution is 6.37. The Bertz CT molecular complexity index is 339. The Hall–Kier alpha value is -1.91. The van der Waals surface area contributed by atoms with Gasteiger partial charge in [0.2, 0.25) is 5.78 Å². The van der Waals surface area contributed by atoms with Gasteiger partial charge in [-0.2, -0.15) is 0 Å². The van der Waals surface area contributed by atoms with Crippen molar-refractivity contribution in [2.24, 2.45) is 0 Å². The van der Waals surface area contributed by atoms with Crippen molar-refractivity contribution in [2.75, 3.05) is 0 Å². The average molecular weight is 181 g/mol. The van der Waals surface area contributed by atoms with Gasteiger partial charge in [0.1, 0.15) is 0 Å². The van der Waals surface area contributed by atoms with Crippen LogP contribution in [0.15, 0.2) is 18.5 Å². The molecular weight excluding hydrogens is 174 g/mol. The molecule has 1 aromatic rings. The molecule has 0 aliphatic rings. The van der Waals surface area contributed by atoms with Crippen molar-refractivity contribution >= 4 is 17.5 Å². The number of carboxylic acid groups (broad SMARTS) is 1. The Morgan fingerprint density at radius 2 is 2.08 bits per heavy atom. The fourth-order valence-electron chi connectivity index (χ4n) is 0.821. The Morgan fingerprint density at radius 1 is 1.38 bits per heavy atom. The van der Waals surface area contributed by atoms with Crippen molar-refractivity contribution in [1.29, 1.82) is 0 Å². The molecule has 0 atom stereocenters. The van der Waals surface area contributed by atoms with E-state index in [1.54, 1.807) is 0 Å². The summed E-state index contributed by atoms with van der Waals surface area (Å²) >= 11 is 0. The van der Waals surface area contributed by atoms with E-state index < -0.39 is 24.0 Å². The number of carbonyl (C=O) groups is 3. The van der Waals surface area contributed by atoms with E-state index in [0.29, 0.717) is 5.56 Å². The summed E-state index contributed by atoms with van der Waals surface area (Å²) in [5.41, 5.74) is 0.314. The number of Topliss-reactive ketones (excluding diaryl/α,β-unsaturated/α-hetero) is 2. The minimum Gasteiger partial charge on any atom is -0.475 e. The van der Waals surface area contributed by atoms with Crippen LogP contribution < -0.4 is 0 Å². The Balaban J connectivity index is 2.62. The fraction of sp³-hybridized carbons (Fsp3) is 0.125. The number of rotatable bonds is 4. The Kier molecular flexibility index (Phi) is 2.59. The van der Waals surface area contributed by atoms with Gasteiger partial charge in [-0.25, -0.2) is 4.79 Å². The summed E-state index contributed by atoms with van der Waals surface area (Å²) in [4.78, 5) is 34.5. The van der Waals surface area contributed by atoms with Crippen LogP contribution in [0.1, 0.15) is 16.8 Å². The molecule has 0 aliphatic carbocycles. The third-order valence-electron chi connectivity index (χ3n) is 1.48. The molecule has 13 heavy (non-hydrogen) atoms. The van der Waals surface area contributed by atoms with E-state index in [0.717, 1.165) is 0 Å². The van der Waals surface area contributed by atoms with E-state index in [1.165, 1.54) is 18.5 Å². The summed E-state index contributed by atoms with van der Waals surface area (Å²) in [6.07, 6.45) is 2.35. The first-order chi connectivity index (χ1) is 6.11. The molecule has 0 bridgehead atoms. The molecular formula is C8H7NO4. The molecule has 0 saturated carbocycles. The lowest BCUT2D eigenvalue weighted by atomic mass is 10.1. The van der Waals surface area contributed by atoms with Gasteiger partial charge in [-0.3, -0.25) is 9.59 Å². The average Bonchev–Trinajstić information content (AvgIpc) is 2.55. The molecule has 0 radical (unpaired) electrons. The van der Waals surface area contributed by atoms with E-state index in [-0.39, 0.29) is 0 Å². The summed E-state index contributed by atoms with van der Waals surface area (Å²) in [6, 6.07) is 1.48. The number of H-pyrrole nitrogens is 1. The van der Waals surface area contributed by atoms with Crippen LogP contribution >= 0.6 is 0 Å². The van der Waals surface area contributed by atoms with Crippen molar-refractivity contribution in [1.82, 2.24) is 4.98 Å². The summed E-state index contributed by atoms with van der Waals surface area (Å²) in [7, 11) is 0. The molecule has 0 fully saturated rings. The molecule has 0 spiro atoms. The van der Waals surface area contributed by atoms with Crippen LogP contribution in [-0.4, -0.2) is 27.6 Å². The van der Waals surface area contributed by atoms with Crippen LogP contribution in [0.25, 0.3) is 0 Å². The summed E-state index contributed by atoms with van der Waals surface area (Å²) in [6.45, 7) is 0. The van der Waals surface area contributed by atoms with Crippen LogP contribution in [0.5, 0.6) is 0 Å². The quantitative estimate of drug-likeness (QED) is 0.395. The van der Waals surface area contributed by atoms with Crippen LogP contribution in [0.4, 0.5) is 0 Å². The molecule has 1 heterocycles. The highest BCUT2D eigenvalue weighted by atomic mass is 16.4. The van der Waals surface area contributed by atoms with Gasteiger partial charge in [0.15, 0.2) is 5.78 Å². The summed E-state index contributed by atoms with van der Waals surface area (Å²) in [5, 5.41) is 8.22. The first-order valence-electron chi connectivity index (χ1n) is 3.53. The van der Waals surface area contributed by atoms with Crippen molar-refractivity contribution in [3.63, 3.8) is 0 Å². The van der Waals surface area contributed by atoms with Gasteiger partial charge in [0.05, 0.1) is 6.42 Å². The summed E-state index contributed by atoms with van der Waals surface area (Å²) in [5.74, 6) is -3.16. The smallest absolute Gasteiger partial charge is 0.372 e. The van der Waals surface area contributed by atoms with Crippen molar-refractivity contribution in [2.45, 2.75) is 6.42 Å². The lowest BCUT2D eigenvalue weighted by Crippen LogP contribution is -2.16. The predicted molar refractivity (Wildman–Crippen MR) is 42.4 cm³/mol. The van der Waals surface area contributed by atoms with Crippen molar-refractivity contribution in [3.05, 3.63) is 24.0 Å². The highest BCUT2D eigenvalue weighted by Gasteiger charge is 2.17. The zero-order chi connectivity index (χ0) is 9.84. The van der Waals surface area contributed by atoms with Crippen molar-refractivity contribution < 1.29 is 19.5 Å². The molecule has 2 N–H and O–H groups in total. The maximum atomic E-state index is 11.1. The number of aromatic nitrogens is 1. The monoisotopic (exact) mass is 181 g/mol. The zero-order valence-corrected chi connectivity index (χ0v) is 6.61. The van der Waals surface area contributed by atoms with Gasteiger partial charge in [-0.15, -0.1) is 0 Å². The lowest BCUT2D eigenvalue weighted by molar-refractivity contribution is -0.148. The Labute approximate surface area is 73.4 Å². The highest BCUT2D eigenvalue weighted by Crippen LogP contribution is 2.01. The van der Waals surface area contributed by atoms with Crippen LogP contribution in [-0.2, 0) is 9.59 Å². The maximum absolute atomic E-state index is 11.1. The van der Waals surface area contributed by atoms with Crippen LogP contribution in [0.2, 0.25) is 0 Å². The molecule has 0 unspecified atom stereocenters. The number of carbonyl (C=O) groups excluding carboxylic acids is 2. The molecule has 0 amide bonds. The van der Waals surface area contributed by atoms with Crippen molar-refractivity contribution in [3.8, 4) is 0 Å². The van der Waals surface area contributed by atoms with Gasteiger partial charge < -0.3 is 10.1 Å². The van der Waals surface area contributed by atoms with E-state index in [4.69, 9.17) is 5.11 Å². The number of hydrogen-bond donors (Lipinski definition) is 2. The van der Waals surface area contributed by atoms with Gasteiger partial charge >= 0.3 is 5.97 Å². The lowest BCUT2D eigenvalue weighted by Gasteiger charge is -1.92. The summed E-state index contributed by atoms with van der Waals surface area (Å²) < 4.78 is 0. The third-order valence-corrected chi connectivity index (χ3v) is 1.48. The second-order valence-electron chi connectivity index (χ2n) is 2.43. The SMILES string of the molecule is O=C(O)C(=O)CC(=O)c1cc[nH]c1. The second kappa shape index (κ2) is 3.66.